The third kappa shape index (κ3) is 7.29. The molecule has 0 bridgehead atoms. The smallest absolute Gasteiger partial charge is 0.0718 e. The van der Waals surface area contributed by atoms with E-state index in [2.05, 4.69) is 16.7 Å². The average molecular weight is 260 g/mol. The van der Waals surface area contributed by atoms with Crippen LogP contribution in [-0.2, 0) is 0 Å². The Kier molecular flexibility index (Phi) is 6.85. The highest BCUT2D eigenvalue weighted by atomic mass is 32.2. The van der Waals surface area contributed by atoms with Crippen molar-refractivity contribution in [3.05, 3.63) is 0 Å². The normalized spacial score (nSPS) is 19.8. The number of β-amino-alcohol motifs (C(OH)–C–C–N with tert-alkyl or cyclic N) is 1. The molecule has 102 valence electrons. The lowest BCUT2D eigenvalue weighted by Gasteiger charge is -2.37. The molecule has 0 amide bonds. The standard InChI is InChI=1S/C13H28N2OS/c1-4-17-11-5-6-14-7-9-15(10-8-14)12-13(2,3)16/h16H,4-12H2,1-3H3. The van der Waals surface area contributed by atoms with Gasteiger partial charge in [-0.05, 0) is 38.3 Å². The first-order valence-electron chi connectivity index (χ1n) is 6.76. The van der Waals surface area contributed by atoms with Crippen LogP contribution in [0.15, 0.2) is 0 Å². The van der Waals surface area contributed by atoms with Crippen molar-refractivity contribution in [2.24, 2.45) is 0 Å². The van der Waals surface area contributed by atoms with Gasteiger partial charge < -0.3 is 10.0 Å². The average Bonchev–Trinajstić information content (AvgIpc) is 2.25. The van der Waals surface area contributed by atoms with Gasteiger partial charge in [0, 0.05) is 32.7 Å². The van der Waals surface area contributed by atoms with Crippen LogP contribution in [0.2, 0.25) is 0 Å². The molecule has 1 fully saturated rings. The highest BCUT2D eigenvalue weighted by Crippen LogP contribution is 2.09. The van der Waals surface area contributed by atoms with Gasteiger partial charge in [-0.15, -0.1) is 0 Å². The van der Waals surface area contributed by atoms with Crippen molar-refractivity contribution < 1.29 is 5.11 Å². The Morgan fingerprint density at radius 1 is 1.12 bits per heavy atom. The highest BCUT2D eigenvalue weighted by molar-refractivity contribution is 7.99. The minimum Gasteiger partial charge on any atom is -0.389 e. The predicted molar refractivity (Wildman–Crippen MR) is 76.8 cm³/mol. The third-order valence-corrected chi connectivity index (χ3v) is 4.03. The summed E-state index contributed by atoms with van der Waals surface area (Å²) in [5, 5.41) is 9.78. The number of thioether (sulfide) groups is 1. The first kappa shape index (κ1) is 15.3. The fourth-order valence-corrected chi connectivity index (χ4v) is 2.87. The number of nitrogens with zero attached hydrogens (tertiary/aromatic N) is 2. The van der Waals surface area contributed by atoms with Crippen molar-refractivity contribution in [1.82, 2.24) is 9.80 Å². The Bertz CT molecular complexity index is 198. The minimum atomic E-state index is -0.556. The van der Waals surface area contributed by atoms with Gasteiger partial charge in [0.25, 0.3) is 0 Å². The van der Waals surface area contributed by atoms with Crippen LogP contribution in [0.3, 0.4) is 0 Å². The van der Waals surface area contributed by atoms with Crippen molar-refractivity contribution >= 4 is 11.8 Å². The summed E-state index contributed by atoms with van der Waals surface area (Å²) in [6.07, 6.45) is 1.31. The molecule has 0 saturated carbocycles. The summed E-state index contributed by atoms with van der Waals surface area (Å²) < 4.78 is 0. The van der Waals surface area contributed by atoms with E-state index in [0.29, 0.717) is 0 Å². The molecule has 3 nitrogen and oxygen atoms in total. The van der Waals surface area contributed by atoms with Crippen LogP contribution in [0.1, 0.15) is 27.2 Å². The summed E-state index contributed by atoms with van der Waals surface area (Å²) in [7, 11) is 0. The number of piperazine rings is 1. The van der Waals surface area contributed by atoms with Crippen molar-refractivity contribution in [2.75, 3.05) is 50.8 Å². The van der Waals surface area contributed by atoms with E-state index in [1.807, 2.05) is 25.6 Å². The number of aliphatic hydroxyl groups is 1. The quantitative estimate of drug-likeness (QED) is 0.702. The zero-order chi connectivity index (χ0) is 12.7. The van der Waals surface area contributed by atoms with Crippen molar-refractivity contribution in [3.8, 4) is 0 Å². The van der Waals surface area contributed by atoms with Crippen LogP contribution in [0.25, 0.3) is 0 Å². The summed E-state index contributed by atoms with van der Waals surface area (Å²) in [6.45, 7) is 12.6. The topological polar surface area (TPSA) is 26.7 Å². The Hall–Kier alpha value is 0.230. The van der Waals surface area contributed by atoms with Crippen molar-refractivity contribution in [1.29, 1.82) is 0 Å². The molecular formula is C13H28N2OS. The first-order valence-corrected chi connectivity index (χ1v) is 7.91. The molecule has 0 aromatic rings. The van der Waals surface area contributed by atoms with Crippen molar-refractivity contribution in [2.45, 2.75) is 32.8 Å². The van der Waals surface area contributed by atoms with E-state index in [1.54, 1.807) is 0 Å². The second-order valence-electron chi connectivity index (χ2n) is 5.48. The van der Waals surface area contributed by atoms with Gasteiger partial charge in [0.05, 0.1) is 5.60 Å². The molecule has 0 radical (unpaired) electrons. The second kappa shape index (κ2) is 7.62. The molecule has 0 aromatic carbocycles. The van der Waals surface area contributed by atoms with Crippen LogP contribution >= 0.6 is 11.8 Å². The summed E-state index contributed by atoms with van der Waals surface area (Å²) in [5.41, 5.74) is -0.556. The Labute approximate surface area is 111 Å². The predicted octanol–water partition coefficient (Wildman–Crippen LogP) is 1.52. The minimum absolute atomic E-state index is 0.556. The second-order valence-corrected chi connectivity index (χ2v) is 6.87. The maximum atomic E-state index is 9.78. The summed E-state index contributed by atoms with van der Waals surface area (Å²) in [4.78, 5) is 4.92. The van der Waals surface area contributed by atoms with Crippen LogP contribution < -0.4 is 0 Å². The maximum Gasteiger partial charge on any atom is 0.0718 e. The summed E-state index contributed by atoms with van der Waals surface area (Å²) >= 11 is 2.03. The highest BCUT2D eigenvalue weighted by Gasteiger charge is 2.22. The molecule has 0 aliphatic carbocycles. The molecule has 4 heteroatoms. The molecule has 1 saturated heterocycles. The van der Waals surface area contributed by atoms with Crippen LogP contribution in [-0.4, -0.2) is 71.3 Å². The molecule has 1 N–H and O–H groups in total. The molecule has 0 unspecified atom stereocenters. The van der Waals surface area contributed by atoms with Gasteiger partial charge in [0.15, 0.2) is 0 Å². The summed E-state index contributed by atoms with van der Waals surface area (Å²) in [5.74, 6) is 2.53. The van der Waals surface area contributed by atoms with E-state index in [9.17, 15) is 5.11 Å². The summed E-state index contributed by atoms with van der Waals surface area (Å²) in [6, 6.07) is 0. The number of hydrogen-bond acceptors (Lipinski definition) is 4. The fraction of sp³-hybridized carbons (Fsp3) is 1.00. The largest absolute Gasteiger partial charge is 0.389 e. The Morgan fingerprint density at radius 2 is 1.71 bits per heavy atom. The van der Waals surface area contributed by atoms with Crippen molar-refractivity contribution in [3.63, 3.8) is 0 Å². The fourth-order valence-electron chi connectivity index (χ4n) is 2.25. The van der Waals surface area contributed by atoms with Crippen LogP contribution in [0, 0.1) is 0 Å². The molecule has 1 aliphatic rings. The maximum absolute atomic E-state index is 9.78. The van der Waals surface area contributed by atoms with Gasteiger partial charge >= 0.3 is 0 Å². The SMILES string of the molecule is CCSCCCN1CCN(CC(C)(C)O)CC1. The Morgan fingerprint density at radius 3 is 2.24 bits per heavy atom. The molecule has 1 aliphatic heterocycles. The van der Waals surface area contributed by atoms with E-state index in [4.69, 9.17) is 0 Å². The number of rotatable bonds is 7. The monoisotopic (exact) mass is 260 g/mol. The molecule has 1 heterocycles. The zero-order valence-electron chi connectivity index (χ0n) is 11.6. The van der Waals surface area contributed by atoms with Crippen LogP contribution in [0.5, 0.6) is 0 Å². The molecule has 0 spiro atoms. The first-order chi connectivity index (χ1) is 8.01. The van der Waals surface area contributed by atoms with E-state index in [1.165, 1.54) is 24.5 Å². The molecule has 0 atom stereocenters. The van der Waals surface area contributed by atoms with Gasteiger partial charge in [-0.2, -0.15) is 11.8 Å². The lowest BCUT2D eigenvalue weighted by atomic mass is 10.1. The van der Waals surface area contributed by atoms with E-state index in [-0.39, 0.29) is 0 Å². The van der Waals surface area contributed by atoms with Gasteiger partial charge in [0.2, 0.25) is 0 Å². The lowest BCUT2D eigenvalue weighted by Crippen LogP contribution is -2.50. The van der Waals surface area contributed by atoms with E-state index in [0.717, 1.165) is 32.7 Å². The number of hydrogen-bond donors (Lipinski definition) is 1. The zero-order valence-corrected chi connectivity index (χ0v) is 12.4. The van der Waals surface area contributed by atoms with Gasteiger partial charge in [-0.3, -0.25) is 4.90 Å². The van der Waals surface area contributed by atoms with Gasteiger partial charge in [-0.25, -0.2) is 0 Å². The van der Waals surface area contributed by atoms with E-state index < -0.39 is 5.60 Å². The molecule has 0 aromatic heterocycles. The third-order valence-electron chi connectivity index (χ3n) is 3.04. The molecule has 1 rings (SSSR count). The lowest BCUT2D eigenvalue weighted by molar-refractivity contribution is 0.0179. The van der Waals surface area contributed by atoms with E-state index >= 15 is 0 Å². The Balaban J connectivity index is 2.09. The van der Waals surface area contributed by atoms with Crippen LogP contribution in [0.4, 0.5) is 0 Å². The van der Waals surface area contributed by atoms with Gasteiger partial charge in [-0.1, -0.05) is 6.92 Å². The molecule has 17 heavy (non-hydrogen) atoms. The molecular weight excluding hydrogens is 232 g/mol. The van der Waals surface area contributed by atoms with Gasteiger partial charge in [0.1, 0.15) is 0 Å².